The molecule has 1 aliphatic carbocycles. The van der Waals surface area contributed by atoms with Gasteiger partial charge in [-0.3, -0.25) is 9.59 Å². The van der Waals surface area contributed by atoms with Crippen molar-refractivity contribution >= 4 is 11.8 Å². The van der Waals surface area contributed by atoms with Crippen molar-refractivity contribution in [1.29, 1.82) is 0 Å². The molecule has 0 bridgehead atoms. The summed E-state index contributed by atoms with van der Waals surface area (Å²) < 4.78 is 0. The molecule has 1 aliphatic heterocycles. The predicted octanol–water partition coefficient (Wildman–Crippen LogP) is 2.01. The van der Waals surface area contributed by atoms with Crippen molar-refractivity contribution in [2.45, 2.75) is 51.7 Å². The Morgan fingerprint density at radius 2 is 2.05 bits per heavy atom. The zero-order valence-electron chi connectivity index (χ0n) is 12.6. The molecule has 2 aliphatic rings. The summed E-state index contributed by atoms with van der Waals surface area (Å²) in [6.45, 7) is 4.52. The maximum atomic E-state index is 12.7. The molecular weight excluding hydrogens is 264 g/mol. The fourth-order valence-corrected chi connectivity index (χ4v) is 3.14. The lowest BCUT2D eigenvalue weighted by atomic mass is 10.0. The monoisotopic (exact) mass is 286 g/mol. The Labute approximate surface area is 125 Å². The van der Waals surface area contributed by atoms with Crippen LogP contribution in [-0.4, -0.2) is 28.8 Å². The lowest BCUT2D eigenvalue weighted by Gasteiger charge is -2.39. The van der Waals surface area contributed by atoms with Crippen LogP contribution < -0.4 is 5.32 Å². The molecule has 3 rings (SSSR count). The van der Waals surface area contributed by atoms with Crippen molar-refractivity contribution in [2.75, 3.05) is 0 Å². The third-order valence-corrected chi connectivity index (χ3v) is 4.44. The van der Waals surface area contributed by atoms with E-state index in [1.54, 1.807) is 4.90 Å². The number of aryl methyl sites for hydroxylation is 1. The number of carbonyl (C=O) groups excluding carboxylic acids is 2. The topological polar surface area (TPSA) is 49.4 Å². The second-order valence-corrected chi connectivity index (χ2v) is 6.20. The van der Waals surface area contributed by atoms with Crippen LogP contribution in [-0.2, 0) is 16.1 Å². The van der Waals surface area contributed by atoms with Crippen LogP contribution in [0.1, 0.15) is 37.3 Å². The molecule has 4 heteroatoms. The SMILES string of the molecule is CCC1C(=O)NC(C2CC2)C(=O)N1Cc1cccc(C)c1. The fraction of sp³-hybridized carbons (Fsp3) is 0.529. The van der Waals surface area contributed by atoms with Crippen molar-refractivity contribution < 1.29 is 9.59 Å². The van der Waals surface area contributed by atoms with Crippen LogP contribution in [0.25, 0.3) is 0 Å². The van der Waals surface area contributed by atoms with E-state index in [1.807, 2.05) is 32.0 Å². The number of benzene rings is 1. The van der Waals surface area contributed by atoms with Gasteiger partial charge in [0.1, 0.15) is 12.1 Å². The van der Waals surface area contributed by atoms with E-state index in [0.717, 1.165) is 18.4 Å². The first-order valence-corrected chi connectivity index (χ1v) is 7.76. The molecule has 2 fully saturated rings. The lowest BCUT2D eigenvalue weighted by molar-refractivity contribution is -0.150. The van der Waals surface area contributed by atoms with Gasteiger partial charge in [0.25, 0.3) is 0 Å². The summed E-state index contributed by atoms with van der Waals surface area (Å²) in [6, 6.07) is 7.50. The molecule has 0 spiro atoms. The van der Waals surface area contributed by atoms with Crippen LogP contribution in [0.2, 0.25) is 0 Å². The second-order valence-electron chi connectivity index (χ2n) is 6.20. The van der Waals surface area contributed by atoms with E-state index in [0.29, 0.717) is 18.9 Å². The van der Waals surface area contributed by atoms with Gasteiger partial charge in [0.15, 0.2) is 0 Å². The molecule has 1 saturated heterocycles. The summed E-state index contributed by atoms with van der Waals surface area (Å²) >= 11 is 0. The first-order chi connectivity index (χ1) is 10.1. The number of hydrogen-bond acceptors (Lipinski definition) is 2. The molecular formula is C17H22N2O2. The summed E-state index contributed by atoms with van der Waals surface area (Å²) in [7, 11) is 0. The molecule has 2 unspecified atom stereocenters. The van der Waals surface area contributed by atoms with E-state index < -0.39 is 0 Å². The predicted molar refractivity (Wildman–Crippen MR) is 80.5 cm³/mol. The zero-order chi connectivity index (χ0) is 15.0. The van der Waals surface area contributed by atoms with E-state index in [4.69, 9.17) is 0 Å². The van der Waals surface area contributed by atoms with Crippen LogP contribution in [0.5, 0.6) is 0 Å². The van der Waals surface area contributed by atoms with Crippen LogP contribution >= 0.6 is 0 Å². The molecule has 1 heterocycles. The highest BCUT2D eigenvalue weighted by atomic mass is 16.2. The Balaban J connectivity index is 1.84. The van der Waals surface area contributed by atoms with Gasteiger partial charge in [-0.05, 0) is 37.7 Å². The van der Waals surface area contributed by atoms with Gasteiger partial charge in [0.05, 0.1) is 0 Å². The summed E-state index contributed by atoms with van der Waals surface area (Å²) in [5.74, 6) is 0.436. The third kappa shape index (κ3) is 2.80. The number of piperazine rings is 1. The molecule has 1 aromatic rings. The van der Waals surface area contributed by atoms with Gasteiger partial charge in [-0.1, -0.05) is 36.8 Å². The van der Waals surface area contributed by atoms with Gasteiger partial charge in [0, 0.05) is 6.54 Å². The van der Waals surface area contributed by atoms with E-state index in [9.17, 15) is 9.59 Å². The Hall–Kier alpha value is -1.84. The average Bonchev–Trinajstić information content (AvgIpc) is 3.27. The molecule has 4 nitrogen and oxygen atoms in total. The average molecular weight is 286 g/mol. The van der Waals surface area contributed by atoms with Crippen LogP contribution in [0.4, 0.5) is 0 Å². The Morgan fingerprint density at radius 3 is 2.67 bits per heavy atom. The summed E-state index contributed by atoms with van der Waals surface area (Å²) in [5, 5.41) is 2.93. The van der Waals surface area contributed by atoms with Crippen molar-refractivity contribution in [3.8, 4) is 0 Å². The van der Waals surface area contributed by atoms with E-state index in [1.165, 1.54) is 5.56 Å². The minimum Gasteiger partial charge on any atom is -0.342 e. The smallest absolute Gasteiger partial charge is 0.246 e. The van der Waals surface area contributed by atoms with Crippen molar-refractivity contribution in [3.05, 3.63) is 35.4 Å². The molecule has 1 aromatic carbocycles. The molecule has 2 amide bonds. The highest BCUT2D eigenvalue weighted by Gasteiger charge is 2.46. The highest BCUT2D eigenvalue weighted by Crippen LogP contribution is 2.35. The number of rotatable bonds is 4. The molecule has 2 atom stereocenters. The van der Waals surface area contributed by atoms with Gasteiger partial charge in [0.2, 0.25) is 11.8 Å². The Kier molecular flexibility index (Phi) is 3.70. The zero-order valence-corrected chi connectivity index (χ0v) is 12.6. The standard InChI is InChI=1S/C17H22N2O2/c1-3-14-16(20)18-15(13-7-8-13)17(21)19(14)10-12-6-4-5-11(2)9-12/h4-6,9,13-15H,3,7-8,10H2,1-2H3,(H,18,20). The molecule has 0 radical (unpaired) electrons. The number of nitrogens with one attached hydrogen (secondary N) is 1. The molecule has 112 valence electrons. The third-order valence-electron chi connectivity index (χ3n) is 4.44. The van der Waals surface area contributed by atoms with Crippen molar-refractivity contribution in [3.63, 3.8) is 0 Å². The lowest BCUT2D eigenvalue weighted by Crippen LogP contribution is -2.63. The first-order valence-electron chi connectivity index (χ1n) is 7.76. The van der Waals surface area contributed by atoms with Gasteiger partial charge < -0.3 is 10.2 Å². The van der Waals surface area contributed by atoms with E-state index >= 15 is 0 Å². The molecule has 1 saturated carbocycles. The van der Waals surface area contributed by atoms with E-state index in [-0.39, 0.29) is 23.9 Å². The van der Waals surface area contributed by atoms with Gasteiger partial charge in [-0.15, -0.1) is 0 Å². The maximum absolute atomic E-state index is 12.7. The summed E-state index contributed by atoms with van der Waals surface area (Å²) in [4.78, 5) is 26.8. The minimum absolute atomic E-state index is 0.00153. The molecule has 21 heavy (non-hydrogen) atoms. The van der Waals surface area contributed by atoms with Crippen molar-refractivity contribution in [2.24, 2.45) is 5.92 Å². The normalized spacial score (nSPS) is 25.9. The largest absolute Gasteiger partial charge is 0.342 e. The van der Waals surface area contributed by atoms with Gasteiger partial charge in [-0.25, -0.2) is 0 Å². The highest BCUT2D eigenvalue weighted by molar-refractivity contribution is 5.97. The molecule has 1 N–H and O–H groups in total. The maximum Gasteiger partial charge on any atom is 0.246 e. The first kappa shape index (κ1) is 14.1. The van der Waals surface area contributed by atoms with Gasteiger partial charge in [-0.2, -0.15) is 0 Å². The second kappa shape index (κ2) is 5.51. The number of carbonyl (C=O) groups is 2. The summed E-state index contributed by atoms with van der Waals surface area (Å²) in [5.41, 5.74) is 2.26. The molecule has 0 aromatic heterocycles. The minimum atomic E-state index is -0.340. The van der Waals surface area contributed by atoms with Crippen molar-refractivity contribution in [1.82, 2.24) is 10.2 Å². The quantitative estimate of drug-likeness (QED) is 0.920. The Morgan fingerprint density at radius 1 is 1.29 bits per heavy atom. The number of nitrogens with zero attached hydrogens (tertiary/aromatic N) is 1. The fourth-order valence-electron chi connectivity index (χ4n) is 3.14. The number of hydrogen-bond donors (Lipinski definition) is 1. The van der Waals surface area contributed by atoms with Gasteiger partial charge >= 0.3 is 0 Å². The van der Waals surface area contributed by atoms with Crippen LogP contribution in [0.3, 0.4) is 0 Å². The van der Waals surface area contributed by atoms with E-state index in [2.05, 4.69) is 11.4 Å². The Bertz CT molecular complexity index is 566. The number of amides is 2. The van der Waals surface area contributed by atoms with Crippen LogP contribution in [0.15, 0.2) is 24.3 Å². The summed E-state index contributed by atoms with van der Waals surface area (Å²) in [6.07, 6.45) is 2.75. The van der Waals surface area contributed by atoms with Crippen LogP contribution in [0, 0.1) is 12.8 Å².